The van der Waals surface area contributed by atoms with Gasteiger partial charge in [-0.1, -0.05) is 28.8 Å². The predicted molar refractivity (Wildman–Crippen MR) is 76.1 cm³/mol. The van der Waals surface area contributed by atoms with E-state index in [2.05, 4.69) is 21.2 Å². The first kappa shape index (κ1) is 13.1. The van der Waals surface area contributed by atoms with Crippen molar-refractivity contribution in [1.82, 2.24) is 5.32 Å². The third-order valence-electron chi connectivity index (χ3n) is 3.31. The van der Waals surface area contributed by atoms with Crippen molar-refractivity contribution < 1.29 is 4.79 Å². The van der Waals surface area contributed by atoms with Crippen LogP contribution in [0.25, 0.3) is 0 Å². The number of carbonyl (C=O) groups is 1. The summed E-state index contributed by atoms with van der Waals surface area (Å²) in [6, 6.07) is 3.90. The van der Waals surface area contributed by atoms with Crippen LogP contribution in [0.3, 0.4) is 0 Å². The quantitative estimate of drug-likeness (QED) is 0.846. The molecule has 1 saturated carbocycles. The monoisotopic (exact) mass is 315 g/mol. The van der Waals surface area contributed by atoms with E-state index in [1.54, 1.807) is 11.3 Å². The molecule has 1 aliphatic rings. The van der Waals surface area contributed by atoms with Gasteiger partial charge < -0.3 is 5.32 Å². The van der Waals surface area contributed by atoms with E-state index in [-0.39, 0.29) is 5.91 Å². The SMILES string of the molecule is Cc1ccc(C(=O)NCC2CCCCC2Br)s1. The summed E-state index contributed by atoms with van der Waals surface area (Å²) >= 11 is 5.28. The number of hydrogen-bond donors (Lipinski definition) is 1. The Morgan fingerprint density at radius 3 is 2.88 bits per heavy atom. The number of thiophene rings is 1. The molecule has 0 aromatic carbocycles. The summed E-state index contributed by atoms with van der Waals surface area (Å²) in [6.07, 6.45) is 5.06. The molecule has 1 aliphatic carbocycles. The number of halogens is 1. The Morgan fingerprint density at radius 1 is 1.47 bits per heavy atom. The molecule has 94 valence electrons. The van der Waals surface area contributed by atoms with E-state index in [1.165, 1.54) is 30.6 Å². The lowest BCUT2D eigenvalue weighted by Crippen LogP contribution is -2.34. The topological polar surface area (TPSA) is 29.1 Å². The zero-order valence-electron chi connectivity index (χ0n) is 10.0. The van der Waals surface area contributed by atoms with Crippen molar-refractivity contribution in [3.8, 4) is 0 Å². The van der Waals surface area contributed by atoms with Crippen LogP contribution in [-0.4, -0.2) is 17.3 Å². The number of carbonyl (C=O) groups excluding carboxylic acids is 1. The van der Waals surface area contributed by atoms with Crippen LogP contribution >= 0.6 is 27.3 Å². The van der Waals surface area contributed by atoms with Gasteiger partial charge in [0.25, 0.3) is 5.91 Å². The lowest BCUT2D eigenvalue weighted by atomic mass is 9.89. The lowest BCUT2D eigenvalue weighted by molar-refractivity contribution is 0.0948. The van der Waals surface area contributed by atoms with Gasteiger partial charge in [-0.15, -0.1) is 11.3 Å². The van der Waals surface area contributed by atoms with Gasteiger partial charge in [-0.25, -0.2) is 0 Å². The number of rotatable bonds is 3. The predicted octanol–water partition coefficient (Wildman–Crippen LogP) is 3.74. The lowest BCUT2D eigenvalue weighted by Gasteiger charge is -2.27. The van der Waals surface area contributed by atoms with Crippen LogP contribution in [0, 0.1) is 12.8 Å². The average Bonchev–Trinajstić information content (AvgIpc) is 2.74. The summed E-state index contributed by atoms with van der Waals surface area (Å²) in [5, 5.41) is 3.05. The van der Waals surface area contributed by atoms with Gasteiger partial charge in [0.2, 0.25) is 0 Å². The molecule has 1 N–H and O–H groups in total. The Hall–Kier alpha value is -0.350. The molecule has 1 aromatic heterocycles. The fourth-order valence-corrected chi connectivity index (χ4v) is 3.82. The van der Waals surface area contributed by atoms with Gasteiger partial charge in [0, 0.05) is 16.2 Å². The second kappa shape index (κ2) is 6.01. The molecule has 2 unspecified atom stereocenters. The van der Waals surface area contributed by atoms with Crippen molar-refractivity contribution in [3.63, 3.8) is 0 Å². The average molecular weight is 316 g/mol. The Kier molecular flexibility index (Phi) is 4.62. The maximum Gasteiger partial charge on any atom is 0.261 e. The van der Waals surface area contributed by atoms with Gasteiger partial charge in [0.05, 0.1) is 4.88 Å². The molecule has 1 fully saturated rings. The van der Waals surface area contributed by atoms with Gasteiger partial charge in [0.15, 0.2) is 0 Å². The highest BCUT2D eigenvalue weighted by atomic mass is 79.9. The van der Waals surface area contributed by atoms with Crippen molar-refractivity contribution in [3.05, 3.63) is 21.9 Å². The zero-order chi connectivity index (χ0) is 12.3. The summed E-state index contributed by atoms with van der Waals surface area (Å²) in [7, 11) is 0. The molecule has 0 saturated heterocycles. The summed E-state index contributed by atoms with van der Waals surface area (Å²) in [4.78, 5) is 14.5. The molecule has 1 aromatic rings. The molecule has 0 radical (unpaired) electrons. The first-order valence-corrected chi connectivity index (χ1v) is 7.89. The van der Waals surface area contributed by atoms with E-state index in [1.807, 2.05) is 19.1 Å². The zero-order valence-corrected chi connectivity index (χ0v) is 12.4. The molecule has 4 heteroatoms. The molecule has 0 spiro atoms. The van der Waals surface area contributed by atoms with E-state index in [0.29, 0.717) is 10.7 Å². The van der Waals surface area contributed by atoms with Gasteiger partial charge in [-0.2, -0.15) is 0 Å². The maximum absolute atomic E-state index is 11.9. The van der Waals surface area contributed by atoms with Crippen LogP contribution in [0.15, 0.2) is 12.1 Å². The van der Waals surface area contributed by atoms with Gasteiger partial charge >= 0.3 is 0 Å². The minimum atomic E-state index is 0.0772. The van der Waals surface area contributed by atoms with Crippen molar-refractivity contribution in [2.75, 3.05) is 6.54 Å². The normalized spacial score (nSPS) is 24.6. The summed E-state index contributed by atoms with van der Waals surface area (Å²) in [5.74, 6) is 0.669. The molecule has 2 rings (SSSR count). The number of nitrogens with one attached hydrogen (secondary N) is 1. The molecular formula is C13H18BrNOS. The van der Waals surface area contributed by atoms with Crippen molar-refractivity contribution in [2.45, 2.75) is 37.4 Å². The van der Waals surface area contributed by atoms with E-state index in [0.717, 1.165) is 11.4 Å². The van der Waals surface area contributed by atoms with Crippen LogP contribution in [0.2, 0.25) is 0 Å². The van der Waals surface area contributed by atoms with Gasteiger partial charge in [0.1, 0.15) is 0 Å². The second-order valence-electron chi connectivity index (χ2n) is 4.68. The Balaban J connectivity index is 1.83. The van der Waals surface area contributed by atoms with Crippen molar-refractivity contribution in [2.24, 2.45) is 5.92 Å². The molecule has 17 heavy (non-hydrogen) atoms. The molecule has 1 heterocycles. The van der Waals surface area contributed by atoms with E-state index < -0.39 is 0 Å². The minimum Gasteiger partial charge on any atom is -0.351 e. The third kappa shape index (κ3) is 3.55. The number of amides is 1. The van der Waals surface area contributed by atoms with E-state index in [4.69, 9.17) is 0 Å². The largest absolute Gasteiger partial charge is 0.351 e. The van der Waals surface area contributed by atoms with E-state index >= 15 is 0 Å². The minimum absolute atomic E-state index is 0.0772. The Labute approximate surface area is 115 Å². The summed E-state index contributed by atoms with van der Waals surface area (Å²) in [6.45, 7) is 2.82. The van der Waals surface area contributed by atoms with Crippen LogP contribution in [-0.2, 0) is 0 Å². The van der Waals surface area contributed by atoms with Crippen LogP contribution in [0.4, 0.5) is 0 Å². The molecule has 0 bridgehead atoms. The molecule has 0 aliphatic heterocycles. The highest BCUT2D eigenvalue weighted by Gasteiger charge is 2.23. The Bertz CT molecular complexity index is 391. The molecule has 2 atom stereocenters. The fraction of sp³-hybridized carbons (Fsp3) is 0.615. The third-order valence-corrected chi connectivity index (χ3v) is 5.51. The van der Waals surface area contributed by atoms with Crippen LogP contribution in [0.1, 0.15) is 40.2 Å². The fourth-order valence-electron chi connectivity index (χ4n) is 2.26. The number of aryl methyl sites for hydroxylation is 1. The van der Waals surface area contributed by atoms with Gasteiger partial charge in [-0.3, -0.25) is 4.79 Å². The van der Waals surface area contributed by atoms with Crippen LogP contribution < -0.4 is 5.32 Å². The van der Waals surface area contributed by atoms with Crippen molar-refractivity contribution >= 4 is 33.2 Å². The summed E-state index contributed by atoms with van der Waals surface area (Å²) in [5.41, 5.74) is 0. The Morgan fingerprint density at radius 2 is 2.24 bits per heavy atom. The van der Waals surface area contributed by atoms with Crippen molar-refractivity contribution in [1.29, 1.82) is 0 Å². The number of alkyl halides is 1. The maximum atomic E-state index is 11.9. The highest BCUT2D eigenvalue weighted by molar-refractivity contribution is 9.09. The van der Waals surface area contributed by atoms with Crippen LogP contribution in [0.5, 0.6) is 0 Å². The standard InChI is InChI=1S/C13H18BrNOS/c1-9-6-7-12(17-9)13(16)15-8-10-4-2-3-5-11(10)14/h6-7,10-11H,2-5,8H2,1H3,(H,15,16). The first-order chi connectivity index (χ1) is 8.16. The van der Waals surface area contributed by atoms with Gasteiger partial charge in [-0.05, 0) is 37.8 Å². The molecule has 2 nitrogen and oxygen atoms in total. The number of hydrogen-bond acceptors (Lipinski definition) is 2. The molecule has 1 amide bonds. The second-order valence-corrected chi connectivity index (χ2v) is 7.14. The highest BCUT2D eigenvalue weighted by Crippen LogP contribution is 2.29. The smallest absolute Gasteiger partial charge is 0.261 e. The summed E-state index contributed by atoms with van der Waals surface area (Å²) < 4.78 is 0. The molecular weight excluding hydrogens is 298 g/mol. The first-order valence-electron chi connectivity index (χ1n) is 6.15. The van der Waals surface area contributed by atoms with E-state index in [9.17, 15) is 4.79 Å².